The van der Waals surface area contributed by atoms with Crippen LogP contribution < -0.4 is 5.32 Å². The Balaban J connectivity index is 1.87. The molecule has 1 fully saturated rings. The average molecular weight is 215 g/mol. The molecule has 86 valence electrons. The highest BCUT2D eigenvalue weighted by Gasteiger charge is 2.36. The van der Waals surface area contributed by atoms with E-state index in [1.807, 2.05) is 4.90 Å². The van der Waals surface area contributed by atoms with Gasteiger partial charge >= 0.3 is 0 Å². The first kappa shape index (κ1) is 10.7. The van der Waals surface area contributed by atoms with Gasteiger partial charge in [-0.05, 0) is 6.92 Å². The van der Waals surface area contributed by atoms with Crippen molar-refractivity contribution in [1.29, 1.82) is 0 Å². The second-order valence-corrected chi connectivity index (χ2v) is 4.55. The largest absolute Gasteiger partial charge is 0.382 e. The topological polar surface area (TPSA) is 36.9 Å². The minimum atomic E-state index is -1.07. The summed E-state index contributed by atoms with van der Waals surface area (Å²) in [6, 6.07) is 0.247. The van der Waals surface area contributed by atoms with Crippen LogP contribution in [-0.4, -0.2) is 55.9 Å². The molecule has 2 atom stereocenters. The van der Waals surface area contributed by atoms with Crippen molar-refractivity contribution >= 4 is 5.96 Å². The monoisotopic (exact) mass is 215 g/mol. The number of halogens is 1. The number of nitrogens with zero attached hydrogens (tertiary/aromatic N) is 2. The zero-order chi connectivity index (χ0) is 10.9. The summed E-state index contributed by atoms with van der Waals surface area (Å²) in [6.45, 7) is 4.21. The molecule has 0 aromatic rings. The molecule has 0 saturated carbocycles. The Morgan fingerprint density at radius 2 is 2.53 bits per heavy atom. The predicted octanol–water partition coefficient (Wildman–Crippen LogP) is 0.395. The molecule has 2 rings (SSSR count). The molecule has 15 heavy (non-hydrogen) atoms. The normalized spacial score (nSPS) is 35.5. The first-order chi connectivity index (χ1) is 7.11. The highest BCUT2D eigenvalue weighted by molar-refractivity contribution is 5.82. The molecule has 2 aliphatic heterocycles. The minimum absolute atomic E-state index is 0.247. The molecule has 0 spiro atoms. The molecule has 1 saturated heterocycles. The van der Waals surface area contributed by atoms with Crippen LogP contribution in [0.15, 0.2) is 4.99 Å². The zero-order valence-electron chi connectivity index (χ0n) is 9.29. The number of likely N-dealkylation sites (tertiary alicyclic amines) is 1. The van der Waals surface area contributed by atoms with Gasteiger partial charge in [-0.2, -0.15) is 0 Å². The van der Waals surface area contributed by atoms with Crippen LogP contribution in [0.5, 0.6) is 0 Å². The van der Waals surface area contributed by atoms with Crippen LogP contribution in [0.3, 0.4) is 0 Å². The van der Waals surface area contributed by atoms with Gasteiger partial charge in [0.05, 0.1) is 25.7 Å². The van der Waals surface area contributed by atoms with E-state index in [4.69, 9.17) is 4.74 Å². The van der Waals surface area contributed by atoms with Crippen LogP contribution >= 0.6 is 0 Å². The molecule has 0 aliphatic carbocycles. The molecule has 4 nitrogen and oxygen atoms in total. The van der Waals surface area contributed by atoms with Crippen molar-refractivity contribution in [1.82, 2.24) is 10.2 Å². The van der Waals surface area contributed by atoms with Gasteiger partial charge in [-0.25, -0.2) is 4.39 Å². The molecule has 0 aromatic carbocycles. The molecule has 2 unspecified atom stereocenters. The Bertz CT molecular complexity index is 267. The molecular formula is C10H18FN3O. The Morgan fingerprint density at radius 3 is 3.13 bits per heavy atom. The maximum absolute atomic E-state index is 13.6. The van der Waals surface area contributed by atoms with Crippen LogP contribution in [0.2, 0.25) is 0 Å². The van der Waals surface area contributed by atoms with Gasteiger partial charge in [0.25, 0.3) is 0 Å². The third-order valence-electron chi connectivity index (χ3n) is 2.89. The number of guanidine groups is 1. The Labute approximate surface area is 89.5 Å². The number of hydrogen-bond acceptors (Lipinski definition) is 4. The summed E-state index contributed by atoms with van der Waals surface area (Å²) >= 11 is 0. The van der Waals surface area contributed by atoms with Crippen LogP contribution in [0.4, 0.5) is 4.39 Å². The summed E-state index contributed by atoms with van der Waals surface area (Å²) in [6.07, 6.45) is 0.586. The smallest absolute Gasteiger partial charge is 0.194 e. The van der Waals surface area contributed by atoms with Crippen molar-refractivity contribution in [2.45, 2.75) is 25.1 Å². The number of nitrogens with one attached hydrogen (secondary N) is 1. The summed E-state index contributed by atoms with van der Waals surface area (Å²) in [5, 5.41) is 3.26. The highest BCUT2D eigenvalue weighted by Crippen LogP contribution is 2.25. The third-order valence-corrected chi connectivity index (χ3v) is 2.89. The first-order valence-electron chi connectivity index (χ1n) is 5.34. The maximum atomic E-state index is 13.6. The molecule has 5 heteroatoms. The zero-order valence-corrected chi connectivity index (χ0v) is 9.29. The maximum Gasteiger partial charge on any atom is 0.194 e. The highest BCUT2D eigenvalue weighted by atomic mass is 19.1. The second kappa shape index (κ2) is 3.96. The third kappa shape index (κ3) is 2.40. The molecule has 0 radical (unpaired) electrons. The van der Waals surface area contributed by atoms with Gasteiger partial charge in [-0.15, -0.1) is 0 Å². The lowest BCUT2D eigenvalue weighted by molar-refractivity contribution is 0.177. The minimum Gasteiger partial charge on any atom is -0.382 e. The van der Waals surface area contributed by atoms with E-state index in [0.717, 1.165) is 19.0 Å². The van der Waals surface area contributed by atoms with Gasteiger partial charge in [-0.1, -0.05) is 0 Å². The number of rotatable bonds is 2. The number of ether oxygens (including phenoxy) is 1. The van der Waals surface area contributed by atoms with E-state index in [9.17, 15) is 4.39 Å². The second-order valence-electron chi connectivity index (χ2n) is 4.55. The van der Waals surface area contributed by atoms with Gasteiger partial charge in [-0.3, -0.25) is 4.99 Å². The van der Waals surface area contributed by atoms with Gasteiger partial charge < -0.3 is 15.0 Å². The average Bonchev–Trinajstić information content (AvgIpc) is 2.73. The predicted molar refractivity (Wildman–Crippen MR) is 56.8 cm³/mol. The number of hydrogen-bond donors (Lipinski definition) is 1. The van der Waals surface area contributed by atoms with Gasteiger partial charge in [0.15, 0.2) is 5.96 Å². The van der Waals surface area contributed by atoms with Crippen LogP contribution in [0.1, 0.15) is 13.3 Å². The Morgan fingerprint density at radius 1 is 1.73 bits per heavy atom. The number of methoxy groups -OCH3 is 1. The fourth-order valence-corrected chi connectivity index (χ4v) is 2.06. The Kier molecular flexibility index (Phi) is 2.82. The van der Waals surface area contributed by atoms with E-state index in [1.165, 1.54) is 0 Å². The van der Waals surface area contributed by atoms with E-state index >= 15 is 0 Å². The molecule has 0 amide bonds. The van der Waals surface area contributed by atoms with E-state index in [-0.39, 0.29) is 6.04 Å². The lowest BCUT2D eigenvalue weighted by Gasteiger charge is -2.20. The van der Waals surface area contributed by atoms with Crippen molar-refractivity contribution in [3.63, 3.8) is 0 Å². The van der Waals surface area contributed by atoms with Gasteiger partial charge in [0, 0.05) is 20.1 Å². The lowest BCUT2D eigenvalue weighted by Crippen LogP contribution is -2.43. The fraction of sp³-hybridized carbons (Fsp3) is 0.900. The van der Waals surface area contributed by atoms with Crippen molar-refractivity contribution in [3.8, 4) is 0 Å². The van der Waals surface area contributed by atoms with Crippen molar-refractivity contribution in [3.05, 3.63) is 0 Å². The lowest BCUT2D eigenvalue weighted by atomic mass is 10.1. The van der Waals surface area contributed by atoms with Crippen molar-refractivity contribution in [2.24, 2.45) is 4.99 Å². The number of aliphatic imine (C=N–C) groups is 1. The van der Waals surface area contributed by atoms with E-state index < -0.39 is 5.67 Å². The van der Waals surface area contributed by atoms with E-state index in [1.54, 1.807) is 14.0 Å². The summed E-state index contributed by atoms with van der Waals surface area (Å²) in [5.41, 5.74) is -1.07. The quantitative estimate of drug-likeness (QED) is 0.724. The molecule has 2 aliphatic rings. The standard InChI is InChI=1S/C10H18FN3O/c1-10(11)3-4-14(7-10)9-12-5-8(13-9)6-15-2/h8H,3-7H2,1-2H3,(H,12,13). The van der Waals surface area contributed by atoms with Gasteiger partial charge in [0.2, 0.25) is 0 Å². The number of alkyl halides is 1. The summed E-state index contributed by atoms with van der Waals surface area (Å²) in [5.74, 6) is 0.832. The van der Waals surface area contributed by atoms with E-state index in [2.05, 4.69) is 10.3 Å². The summed E-state index contributed by atoms with van der Waals surface area (Å²) in [7, 11) is 1.67. The Hall–Kier alpha value is -0.840. The van der Waals surface area contributed by atoms with E-state index in [0.29, 0.717) is 19.6 Å². The molecule has 0 bridgehead atoms. The molecule has 2 heterocycles. The first-order valence-corrected chi connectivity index (χ1v) is 5.34. The SMILES string of the molecule is COCC1CN=C(N2CCC(C)(F)C2)N1. The van der Waals surface area contributed by atoms with Crippen molar-refractivity contribution in [2.75, 3.05) is 33.4 Å². The molecule has 1 N–H and O–H groups in total. The van der Waals surface area contributed by atoms with Crippen LogP contribution in [0.25, 0.3) is 0 Å². The summed E-state index contributed by atoms with van der Waals surface area (Å²) in [4.78, 5) is 6.35. The fourth-order valence-electron chi connectivity index (χ4n) is 2.06. The van der Waals surface area contributed by atoms with Crippen molar-refractivity contribution < 1.29 is 9.13 Å². The summed E-state index contributed by atoms with van der Waals surface area (Å²) < 4.78 is 18.7. The van der Waals surface area contributed by atoms with Gasteiger partial charge in [0.1, 0.15) is 5.67 Å². The molecular weight excluding hydrogens is 197 g/mol. The molecule has 0 aromatic heterocycles. The van der Waals surface area contributed by atoms with Crippen LogP contribution in [0, 0.1) is 0 Å². The van der Waals surface area contributed by atoms with Crippen LogP contribution in [-0.2, 0) is 4.74 Å².